The van der Waals surface area contributed by atoms with E-state index in [1.165, 1.54) is 0 Å². The van der Waals surface area contributed by atoms with Crippen LogP contribution in [0.15, 0.2) is 36.5 Å². The molecule has 1 aromatic heterocycles. The first-order valence-corrected chi connectivity index (χ1v) is 5.91. The first-order valence-electron chi connectivity index (χ1n) is 5.91. The fourth-order valence-electron chi connectivity index (χ4n) is 1.63. The molecule has 1 aromatic carbocycles. The maximum absolute atomic E-state index is 5.90. The van der Waals surface area contributed by atoms with E-state index in [2.05, 4.69) is 10.3 Å². The van der Waals surface area contributed by atoms with Crippen LogP contribution in [-0.4, -0.2) is 11.6 Å². The first-order chi connectivity index (χ1) is 8.69. The lowest BCUT2D eigenvalue weighted by atomic mass is 10.2. The van der Waals surface area contributed by atoms with Gasteiger partial charge in [-0.1, -0.05) is 0 Å². The first kappa shape index (κ1) is 12.2. The quantitative estimate of drug-likeness (QED) is 0.866. The molecule has 0 saturated heterocycles. The van der Waals surface area contributed by atoms with Crippen molar-refractivity contribution in [2.75, 3.05) is 17.7 Å². The third kappa shape index (κ3) is 2.91. The molecule has 0 amide bonds. The van der Waals surface area contributed by atoms with Crippen LogP contribution in [0.3, 0.4) is 0 Å². The normalized spacial score (nSPS) is 10.1. The number of nitrogens with zero attached hydrogens (tertiary/aromatic N) is 1. The van der Waals surface area contributed by atoms with Gasteiger partial charge in [0.05, 0.1) is 12.3 Å². The molecule has 0 aliphatic rings. The predicted molar refractivity (Wildman–Crippen MR) is 74.3 cm³/mol. The fraction of sp³-hybridized carbons (Fsp3) is 0.214. The molecule has 0 saturated carbocycles. The molecule has 0 unspecified atom stereocenters. The van der Waals surface area contributed by atoms with Crippen molar-refractivity contribution in [3.05, 3.63) is 42.1 Å². The summed E-state index contributed by atoms with van der Waals surface area (Å²) in [6.07, 6.45) is 1.78. The van der Waals surface area contributed by atoms with Crippen molar-refractivity contribution in [2.45, 2.75) is 13.8 Å². The molecule has 2 aromatic rings. The van der Waals surface area contributed by atoms with E-state index < -0.39 is 0 Å². The van der Waals surface area contributed by atoms with Gasteiger partial charge in [0.15, 0.2) is 5.82 Å². The number of hydrogen-bond acceptors (Lipinski definition) is 4. The Kier molecular flexibility index (Phi) is 3.67. The molecule has 0 fully saturated rings. The Bertz CT molecular complexity index is 523. The van der Waals surface area contributed by atoms with Gasteiger partial charge in [-0.3, -0.25) is 0 Å². The summed E-state index contributed by atoms with van der Waals surface area (Å²) in [5.74, 6) is 1.53. The number of hydrogen-bond donors (Lipinski definition) is 2. The largest absolute Gasteiger partial charge is 0.494 e. The third-order valence-electron chi connectivity index (χ3n) is 2.48. The van der Waals surface area contributed by atoms with Crippen molar-refractivity contribution in [1.82, 2.24) is 4.98 Å². The summed E-state index contributed by atoms with van der Waals surface area (Å²) >= 11 is 0. The molecule has 1 heterocycles. The number of rotatable bonds is 4. The van der Waals surface area contributed by atoms with Gasteiger partial charge in [0.2, 0.25) is 0 Å². The molecule has 0 atom stereocenters. The van der Waals surface area contributed by atoms with Gasteiger partial charge in [-0.25, -0.2) is 4.98 Å². The lowest BCUT2D eigenvalue weighted by Gasteiger charge is -2.09. The number of nitrogens with two attached hydrogens (primary N) is 1. The fourth-order valence-corrected chi connectivity index (χ4v) is 1.63. The van der Waals surface area contributed by atoms with Gasteiger partial charge in [-0.2, -0.15) is 0 Å². The number of ether oxygens (including phenoxy) is 1. The van der Waals surface area contributed by atoms with Crippen LogP contribution in [0.25, 0.3) is 0 Å². The second-order valence-electron chi connectivity index (χ2n) is 4.03. The van der Waals surface area contributed by atoms with Crippen LogP contribution in [0.2, 0.25) is 0 Å². The zero-order chi connectivity index (χ0) is 13.0. The Morgan fingerprint density at radius 3 is 2.61 bits per heavy atom. The summed E-state index contributed by atoms with van der Waals surface area (Å²) in [6.45, 7) is 4.59. The average molecular weight is 243 g/mol. The number of pyridine rings is 1. The van der Waals surface area contributed by atoms with Gasteiger partial charge in [-0.15, -0.1) is 0 Å². The summed E-state index contributed by atoms with van der Waals surface area (Å²) in [6, 6.07) is 9.59. The Morgan fingerprint density at radius 2 is 2.00 bits per heavy atom. The minimum absolute atomic E-state index is 0.642. The lowest BCUT2D eigenvalue weighted by molar-refractivity contribution is 0.340. The summed E-state index contributed by atoms with van der Waals surface area (Å²) in [5, 5.41) is 3.18. The highest BCUT2D eigenvalue weighted by Crippen LogP contribution is 2.23. The number of anilines is 3. The van der Waals surface area contributed by atoms with Crippen molar-refractivity contribution in [2.24, 2.45) is 0 Å². The molecule has 18 heavy (non-hydrogen) atoms. The number of aromatic nitrogens is 1. The summed E-state index contributed by atoms with van der Waals surface area (Å²) in [5.41, 5.74) is 8.52. The van der Waals surface area contributed by atoms with Crippen molar-refractivity contribution in [3.8, 4) is 5.75 Å². The molecule has 4 heteroatoms. The minimum Gasteiger partial charge on any atom is -0.494 e. The monoisotopic (exact) mass is 243 g/mol. The zero-order valence-electron chi connectivity index (χ0n) is 10.6. The van der Waals surface area contributed by atoms with Gasteiger partial charge in [-0.05, 0) is 49.7 Å². The van der Waals surface area contributed by atoms with E-state index in [0.29, 0.717) is 18.1 Å². The Balaban J connectivity index is 2.13. The topological polar surface area (TPSA) is 60.2 Å². The molecule has 94 valence electrons. The minimum atomic E-state index is 0.642. The van der Waals surface area contributed by atoms with Crippen LogP contribution in [0.1, 0.15) is 12.5 Å². The van der Waals surface area contributed by atoms with Crippen molar-refractivity contribution in [1.29, 1.82) is 0 Å². The Morgan fingerprint density at radius 1 is 1.28 bits per heavy atom. The molecule has 4 nitrogen and oxygen atoms in total. The molecule has 2 rings (SSSR count). The second kappa shape index (κ2) is 5.40. The van der Waals surface area contributed by atoms with Crippen LogP contribution < -0.4 is 15.8 Å². The molecular weight excluding hydrogens is 226 g/mol. The third-order valence-corrected chi connectivity index (χ3v) is 2.48. The molecule has 0 radical (unpaired) electrons. The van der Waals surface area contributed by atoms with E-state index in [9.17, 15) is 0 Å². The van der Waals surface area contributed by atoms with Crippen LogP contribution in [0, 0.1) is 6.92 Å². The highest BCUT2D eigenvalue weighted by molar-refractivity contribution is 5.69. The maximum atomic E-state index is 5.90. The van der Waals surface area contributed by atoms with E-state index in [-0.39, 0.29) is 0 Å². The number of nitrogen functional groups attached to an aromatic ring is 1. The van der Waals surface area contributed by atoms with Crippen molar-refractivity contribution >= 4 is 17.2 Å². The molecule has 0 spiro atoms. The van der Waals surface area contributed by atoms with E-state index >= 15 is 0 Å². The van der Waals surface area contributed by atoms with Gasteiger partial charge in [0.1, 0.15) is 5.75 Å². The van der Waals surface area contributed by atoms with E-state index in [0.717, 1.165) is 17.0 Å². The van der Waals surface area contributed by atoms with Gasteiger partial charge in [0, 0.05) is 11.9 Å². The lowest BCUT2D eigenvalue weighted by Crippen LogP contribution is -1.99. The summed E-state index contributed by atoms with van der Waals surface area (Å²) in [4.78, 5) is 4.26. The van der Waals surface area contributed by atoms with Crippen LogP contribution in [0.5, 0.6) is 5.75 Å². The van der Waals surface area contributed by atoms with Gasteiger partial charge in [0.25, 0.3) is 0 Å². The average Bonchev–Trinajstić information content (AvgIpc) is 2.35. The molecule has 0 bridgehead atoms. The number of benzene rings is 1. The Labute approximate surface area is 107 Å². The van der Waals surface area contributed by atoms with Crippen LogP contribution in [-0.2, 0) is 0 Å². The van der Waals surface area contributed by atoms with Gasteiger partial charge >= 0.3 is 0 Å². The van der Waals surface area contributed by atoms with E-state index in [1.54, 1.807) is 6.20 Å². The van der Waals surface area contributed by atoms with Gasteiger partial charge < -0.3 is 15.8 Å². The van der Waals surface area contributed by atoms with E-state index in [4.69, 9.17) is 10.5 Å². The number of nitrogens with one attached hydrogen (secondary N) is 1. The van der Waals surface area contributed by atoms with Crippen molar-refractivity contribution < 1.29 is 4.74 Å². The molecule has 0 aliphatic carbocycles. The van der Waals surface area contributed by atoms with Crippen LogP contribution in [0.4, 0.5) is 17.2 Å². The number of aryl methyl sites for hydroxylation is 1. The Hall–Kier alpha value is -2.23. The summed E-state index contributed by atoms with van der Waals surface area (Å²) in [7, 11) is 0. The highest BCUT2D eigenvalue weighted by atomic mass is 16.5. The molecular formula is C14H17N3O. The predicted octanol–water partition coefficient (Wildman–Crippen LogP) is 3.11. The van der Waals surface area contributed by atoms with E-state index in [1.807, 2.05) is 44.2 Å². The van der Waals surface area contributed by atoms with Crippen LogP contribution >= 0.6 is 0 Å². The highest BCUT2D eigenvalue weighted by Gasteiger charge is 2.01. The SMILES string of the molecule is CCOc1ccc(Nc2ncc(C)cc2N)cc1. The maximum Gasteiger partial charge on any atom is 0.153 e. The summed E-state index contributed by atoms with van der Waals surface area (Å²) < 4.78 is 5.38. The standard InChI is InChI=1S/C14H17N3O/c1-3-18-12-6-4-11(5-7-12)17-14-13(15)8-10(2)9-16-14/h4-9H,3,15H2,1-2H3,(H,16,17). The zero-order valence-corrected chi connectivity index (χ0v) is 10.6. The second-order valence-corrected chi connectivity index (χ2v) is 4.03. The molecule has 0 aliphatic heterocycles. The van der Waals surface area contributed by atoms with Crippen molar-refractivity contribution in [3.63, 3.8) is 0 Å². The smallest absolute Gasteiger partial charge is 0.153 e. The molecule has 3 N–H and O–H groups in total.